The molecule has 0 radical (unpaired) electrons. The fourth-order valence-electron chi connectivity index (χ4n) is 5.26. The summed E-state index contributed by atoms with van der Waals surface area (Å²) in [6.45, 7) is 3.18. The molecule has 3 heterocycles. The van der Waals surface area contributed by atoms with Gasteiger partial charge in [0.1, 0.15) is 18.1 Å². The van der Waals surface area contributed by atoms with Crippen LogP contribution in [0.3, 0.4) is 0 Å². The third-order valence-corrected chi connectivity index (χ3v) is 7.26. The first-order chi connectivity index (χ1) is 20.0. The van der Waals surface area contributed by atoms with E-state index in [1.165, 1.54) is 11.8 Å². The van der Waals surface area contributed by atoms with Crippen molar-refractivity contribution in [2.45, 2.75) is 32.5 Å². The molecule has 41 heavy (non-hydrogen) atoms. The van der Waals surface area contributed by atoms with E-state index in [0.29, 0.717) is 30.4 Å². The summed E-state index contributed by atoms with van der Waals surface area (Å²) in [6, 6.07) is 30.5. The van der Waals surface area contributed by atoms with E-state index in [0.717, 1.165) is 28.7 Å². The molecule has 7 nitrogen and oxygen atoms in total. The molecule has 0 bridgehead atoms. The van der Waals surface area contributed by atoms with Gasteiger partial charge in [0, 0.05) is 13.1 Å². The molecule has 7 heteroatoms. The van der Waals surface area contributed by atoms with Gasteiger partial charge < -0.3 is 23.8 Å². The van der Waals surface area contributed by atoms with E-state index < -0.39 is 0 Å². The number of amides is 2. The van der Waals surface area contributed by atoms with Crippen LogP contribution in [0.4, 0.5) is 0 Å². The number of hydrogen-bond donors (Lipinski definition) is 1. The summed E-state index contributed by atoms with van der Waals surface area (Å²) in [5, 5.41) is 2.90. The Bertz CT molecular complexity index is 1660. The van der Waals surface area contributed by atoms with Crippen LogP contribution in [0.1, 0.15) is 60.7 Å². The third kappa shape index (κ3) is 5.79. The third-order valence-electron chi connectivity index (χ3n) is 7.26. The van der Waals surface area contributed by atoms with Gasteiger partial charge in [0.25, 0.3) is 11.8 Å². The van der Waals surface area contributed by atoms with Crippen LogP contribution >= 0.6 is 0 Å². The van der Waals surface area contributed by atoms with Gasteiger partial charge in [0.05, 0.1) is 12.3 Å². The Kier molecular flexibility index (Phi) is 7.41. The van der Waals surface area contributed by atoms with Crippen LogP contribution in [0, 0.1) is 6.92 Å². The molecular formula is C34H30N2O5. The molecule has 206 valence electrons. The smallest absolute Gasteiger partial charge is 0.290 e. The fraction of sp³-hybridized carbons (Fsp3) is 0.176. The molecule has 1 aliphatic rings. The minimum Gasteiger partial charge on any atom is -0.486 e. The van der Waals surface area contributed by atoms with E-state index in [-0.39, 0.29) is 30.2 Å². The molecule has 1 N–H and O–H groups in total. The van der Waals surface area contributed by atoms with Crippen molar-refractivity contribution >= 4 is 11.8 Å². The number of hydrogen-bond acceptors (Lipinski definition) is 5. The number of fused-ring (bicyclic) bond motifs is 1. The maximum atomic E-state index is 13.4. The Labute approximate surface area is 238 Å². The van der Waals surface area contributed by atoms with Gasteiger partial charge in [0.2, 0.25) is 0 Å². The molecule has 0 spiro atoms. The monoisotopic (exact) mass is 546 g/mol. The molecular weight excluding hydrogens is 516 g/mol. The lowest BCUT2D eigenvalue weighted by Gasteiger charge is -2.37. The normalized spacial score (nSPS) is 14.4. The average Bonchev–Trinajstić information content (AvgIpc) is 3.71. The van der Waals surface area contributed by atoms with Gasteiger partial charge in [-0.2, -0.15) is 0 Å². The number of furan rings is 2. The molecule has 1 atom stereocenters. The van der Waals surface area contributed by atoms with Crippen LogP contribution in [0.2, 0.25) is 0 Å². The van der Waals surface area contributed by atoms with Gasteiger partial charge in [-0.25, -0.2) is 0 Å². The van der Waals surface area contributed by atoms with Crippen molar-refractivity contribution in [1.29, 1.82) is 0 Å². The lowest BCUT2D eigenvalue weighted by Crippen LogP contribution is -2.40. The van der Waals surface area contributed by atoms with Crippen molar-refractivity contribution in [3.63, 3.8) is 0 Å². The molecule has 1 unspecified atom stereocenters. The van der Waals surface area contributed by atoms with Gasteiger partial charge in [-0.05, 0) is 72.0 Å². The lowest BCUT2D eigenvalue weighted by molar-refractivity contribution is 0.0661. The SMILES string of the molecule is Cc1cccc(CNC(=O)c2ccc(COc3ccc4c(c3)C(c3ccccc3)N(C(=O)c3ccco3)CC4)o2)c1. The highest BCUT2D eigenvalue weighted by molar-refractivity contribution is 5.92. The molecule has 6 rings (SSSR count). The Hall–Kier alpha value is -5.04. The van der Waals surface area contributed by atoms with Crippen LogP contribution in [0.25, 0.3) is 0 Å². The molecule has 5 aromatic rings. The van der Waals surface area contributed by atoms with Gasteiger partial charge in [-0.3, -0.25) is 9.59 Å². The van der Waals surface area contributed by atoms with Crippen molar-refractivity contribution in [2.24, 2.45) is 0 Å². The first kappa shape index (κ1) is 26.2. The largest absolute Gasteiger partial charge is 0.486 e. The van der Waals surface area contributed by atoms with Crippen molar-refractivity contribution in [1.82, 2.24) is 10.2 Å². The zero-order chi connectivity index (χ0) is 28.2. The van der Waals surface area contributed by atoms with E-state index in [4.69, 9.17) is 13.6 Å². The molecule has 0 saturated carbocycles. The Morgan fingerprint density at radius 3 is 2.61 bits per heavy atom. The van der Waals surface area contributed by atoms with Crippen molar-refractivity contribution in [2.75, 3.05) is 6.54 Å². The zero-order valence-corrected chi connectivity index (χ0v) is 22.7. The number of carbonyl (C=O) groups excluding carboxylic acids is 2. The Morgan fingerprint density at radius 1 is 0.927 bits per heavy atom. The van der Waals surface area contributed by atoms with E-state index >= 15 is 0 Å². The second kappa shape index (κ2) is 11.6. The molecule has 0 saturated heterocycles. The fourth-order valence-corrected chi connectivity index (χ4v) is 5.26. The highest BCUT2D eigenvalue weighted by atomic mass is 16.5. The molecule has 3 aromatic carbocycles. The summed E-state index contributed by atoms with van der Waals surface area (Å²) in [6.07, 6.45) is 2.24. The first-order valence-corrected chi connectivity index (χ1v) is 13.6. The number of nitrogens with zero attached hydrogens (tertiary/aromatic N) is 1. The van der Waals surface area contributed by atoms with Crippen molar-refractivity contribution in [3.8, 4) is 5.75 Å². The van der Waals surface area contributed by atoms with Crippen LogP contribution in [0.15, 0.2) is 112 Å². The van der Waals surface area contributed by atoms with Crippen LogP contribution in [-0.4, -0.2) is 23.3 Å². The predicted octanol–water partition coefficient (Wildman–Crippen LogP) is 6.48. The summed E-state index contributed by atoms with van der Waals surface area (Å²) >= 11 is 0. The molecule has 2 aromatic heterocycles. The number of rotatable bonds is 8. The minimum atomic E-state index is -0.284. The summed E-state index contributed by atoms with van der Waals surface area (Å²) in [7, 11) is 0. The number of carbonyl (C=O) groups is 2. The topological polar surface area (TPSA) is 84.9 Å². The standard InChI is InChI=1S/C34H30N2O5/c1-23-7-5-8-24(19-23)21-35-33(37)30-15-14-28(41-30)22-40-27-13-12-25-16-17-36(34(38)31-11-6-18-39-31)32(29(25)20-27)26-9-3-2-4-10-26/h2-15,18-20,32H,16-17,21-22H2,1H3,(H,35,37). The van der Waals surface area contributed by atoms with Crippen molar-refractivity contribution < 1.29 is 23.2 Å². The quantitative estimate of drug-likeness (QED) is 0.241. The molecule has 0 aliphatic carbocycles. The maximum Gasteiger partial charge on any atom is 0.290 e. The van der Waals surface area contributed by atoms with E-state index in [9.17, 15) is 9.59 Å². The summed E-state index contributed by atoms with van der Waals surface area (Å²) < 4.78 is 17.3. The molecule has 2 amide bonds. The van der Waals surface area contributed by atoms with Gasteiger partial charge in [-0.15, -0.1) is 0 Å². The van der Waals surface area contributed by atoms with E-state index in [1.807, 2.05) is 78.6 Å². The second-order valence-electron chi connectivity index (χ2n) is 10.1. The van der Waals surface area contributed by atoms with E-state index in [2.05, 4.69) is 11.4 Å². The van der Waals surface area contributed by atoms with Crippen molar-refractivity contribution in [3.05, 3.63) is 148 Å². The Morgan fingerprint density at radius 2 is 1.80 bits per heavy atom. The molecule has 1 aliphatic heterocycles. The lowest BCUT2D eigenvalue weighted by atomic mass is 9.87. The first-order valence-electron chi connectivity index (χ1n) is 13.6. The summed E-state index contributed by atoms with van der Waals surface area (Å²) in [4.78, 5) is 27.9. The summed E-state index contributed by atoms with van der Waals surface area (Å²) in [5.41, 5.74) is 5.36. The predicted molar refractivity (Wildman–Crippen MR) is 154 cm³/mol. The van der Waals surface area contributed by atoms with Crippen LogP contribution in [0.5, 0.6) is 5.75 Å². The second-order valence-corrected chi connectivity index (χ2v) is 10.1. The van der Waals surface area contributed by atoms with Gasteiger partial charge >= 0.3 is 0 Å². The van der Waals surface area contributed by atoms with Crippen LogP contribution < -0.4 is 10.1 Å². The number of ether oxygens (including phenoxy) is 1. The highest BCUT2D eigenvalue weighted by Crippen LogP contribution is 2.38. The average molecular weight is 547 g/mol. The van der Waals surface area contributed by atoms with Gasteiger partial charge in [0.15, 0.2) is 11.5 Å². The number of benzene rings is 3. The Balaban J connectivity index is 1.17. The highest BCUT2D eigenvalue weighted by Gasteiger charge is 2.34. The number of aryl methyl sites for hydroxylation is 1. The maximum absolute atomic E-state index is 13.4. The van der Waals surface area contributed by atoms with E-state index in [1.54, 1.807) is 24.3 Å². The van der Waals surface area contributed by atoms with Gasteiger partial charge in [-0.1, -0.05) is 66.2 Å². The molecule has 0 fully saturated rings. The zero-order valence-electron chi connectivity index (χ0n) is 22.7. The van der Waals surface area contributed by atoms with Crippen LogP contribution in [-0.2, 0) is 19.6 Å². The number of nitrogens with one attached hydrogen (secondary N) is 1. The minimum absolute atomic E-state index is 0.149. The summed E-state index contributed by atoms with van der Waals surface area (Å²) in [5.74, 6) is 1.32.